The lowest BCUT2D eigenvalue weighted by molar-refractivity contribution is -0.136. The Hall–Kier alpha value is -4.18. The SMILES string of the molecule is COc1ccc(C(=O)Oc2ccc(/C=N\NC(=O)C(=O)Nc3ccc(Br)cc3)cc2)cc1OC. The van der Waals surface area contributed by atoms with Gasteiger partial charge in [-0.25, -0.2) is 10.2 Å². The number of hydrazone groups is 1. The monoisotopic (exact) mass is 525 g/mol. The Morgan fingerprint density at radius 2 is 1.53 bits per heavy atom. The van der Waals surface area contributed by atoms with Crippen molar-refractivity contribution in [2.45, 2.75) is 0 Å². The maximum absolute atomic E-state index is 12.4. The molecule has 0 spiro atoms. The number of nitrogens with one attached hydrogen (secondary N) is 2. The third-order valence-corrected chi connectivity index (χ3v) is 4.93. The second-order valence-electron chi connectivity index (χ2n) is 6.69. The van der Waals surface area contributed by atoms with E-state index >= 15 is 0 Å². The van der Waals surface area contributed by atoms with Gasteiger partial charge in [0.05, 0.1) is 26.0 Å². The molecular formula is C24H20BrN3O6. The van der Waals surface area contributed by atoms with Crippen molar-refractivity contribution in [3.05, 3.63) is 82.3 Å². The largest absolute Gasteiger partial charge is 0.493 e. The topological polar surface area (TPSA) is 115 Å². The number of anilines is 1. The highest BCUT2D eigenvalue weighted by Gasteiger charge is 2.14. The number of carbonyl (C=O) groups is 3. The smallest absolute Gasteiger partial charge is 0.343 e. The quantitative estimate of drug-likeness (QED) is 0.159. The van der Waals surface area contributed by atoms with E-state index in [0.29, 0.717) is 34.1 Å². The van der Waals surface area contributed by atoms with Gasteiger partial charge in [-0.3, -0.25) is 9.59 Å². The van der Waals surface area contributed by atoms with Gasteiger partial charge in [0.15, 0.2) is 11.5 Å². The summed E-state index contributed by atoms with van der Waals surface area (Å²) in [5.74, 6) is -1.10. The van der Waals surface area contributed by atoms with Crippen molar-refractivity contribution in [3.63, 3.8) is 0 Å². The highest BCUT2D eigenvalue weighted by molar-refractivity contribution is 9.10. The molecule has 3 rings (SSSR count). The minimum atomic E-state index is -0.917. The van der Waals surface area contributed by atoms with Crippen LogP contribution < -0.4 is 25.0 Å². The summed E-state index contributed by atoms with van der Waals surface area (Å²) in [4.78, 5) is 36.2. The lowest BCUT2D eigenvalue weighted by atomic mass is 10.2. The van der Waals surface area contributed by atoms with Crippen molar-refractivity contribution in [2.75, 3.05) is 19.5 Å². The van der Waals surface area contributed by atoms with Crippen molar-refractivity contribution in [1.82, 2.24) is 5.43 Å². The molecular weight excluding hydrogens is 506 g/mol. The second-order valence-corrected chi connectivity index (χ2v) is 7.60. The number of nitrogens with zero attached hydrogens (tertiary/aromatic N) is 1. The summed E-state index contributed by atoms with van der Waals surface area (Å²) in [5, 5.41) is 6.23. The van der Waals surface area contributed by atoms with E-state index in [1.165, 1.54) is 26.5 Å². The molecule has 0 radical (unpaired) electrons. The second kappa shape index (κ2) is 11.6. The molecule has 0 aromatic heterocycles. The molecule has 174 valence electrons. The number of hydrogen-bond acceptors (Lipinski definition) is 7. The molecule has 10 heteroatoms. The molecule has 0 aliphatic heterocycles. The van der Waals surface area contributed by atoms with E-state index in [4.69, 9.17) is 14.2 Å². The number of halogens is 1. The molecule has 2 amide bonds. The average molecular weight is 526 g/mol. The Kier molecular flexibility index (Phi) is 8.36. The lowest BCUT2D eigenvalue weighted by Gasteiger charge is -2.09. The van der Waals surface area contributed by atoms with E-state index in [9.17, 15) is 14.4 Å². The molecule has 0 unspecified atom stereocenters. The number of carbonyl (C=O) groups excluding carboxylic acids is 3. The van der Waals surface area contributed by atoms with Gasteiger partial charge in [0, 0.05) is 10.2 Å². The van der Waals surface area contributed by atoms with E-state index in [0.717, 1.165) is 4.47 Å². The van der Waals surface area contributed by atoms with E-state index in [-0.39, 0.29) is 0 Å². The van der Waals surface area contributed by atoms with Crippen LogP contribution in [-0.2, 0) is 9.59 Å². The summed E-state index contributed by atoms with van der Waals surface area (Å²) >= 11 is 3.29. The number of ether oxygens (including phenoxy) is 3. The summed E-state index contributed by atoms with van der Waals surface area (Å²) in [6.07, 6.45) is 1.35. The van der Waals surface area contributed by atoms with E-state index < -0.39 is 17.8 Å². The van der Waals surface area contributed by atoms with Gasteiger partial charge < -0.3 is 19.5 Å². The van der Waals surface area contributed by atoms with Crippen LogP contribution in [0.15, 0.2) is 76.3 Å². The van der Waals surface area contributed by atoms with E-state index in [1.807, 2.05) is 0 Å². The van der Waals surface area contributed by atoms with Crippen molar-refractivity contribution >= 4 is 45.6 Å². The first-order chi connectivity index (χ1) is 16.4. The Balaban J connectivity index is 1.53. The Labute approximate surface area is 203 Å². The summed E-state index contributed by atoms with van der Waals surface area (Å²) in [6, 6.07) is 17.9. The first-order valence-corrected chi connectivity index (χ1v) is 10.6. The lowest BCUT2D eigenvalue weighted by Crippen LogP contribution is -2.32. The first kappa shape index (κ1) is 24.5. The van der Waals surface area contributed by atoms with Crippen molar-refractivity contribution in [3.8, 4) is 17.2 Å². The third kappa shape index (κ3) is 6.66. The van der Waals surface area contributed by atoms with Crippen LogP contribution in [0.2, 0.25) is 0 Å². The van der Waals surface area contributed by atoms with Gasteiger partial charge in [0.2, 0.25) is 0 Å². The molecule has 0 aliphatic carbocycles. The zero-order chi connectivity index (χ0) is 24.5. The van der Waals surface area contributed by atoms with Crippen LogP contribution in [0.1, 0.15) is 15.9 Å². The number of amides is 2. The molecule has 0 fully saturated rings. The maximum atomic E-state index is 12.4. The van der Waals surface area contributed by atoms with Gasteiger partial charge in [-0.05, 0) is 72.3 Å². The third-order valence-electron chi connectivity index (χ3n) is 4.40. The van der Waals surface area contributed by atoms with Crippen LogP contribution in [0.4, 0.5) is 5.69 Å². The average Bonchev–Trinajstić information content (AvgIpc) is 2.85. The zero-order valence-electron chi connectivity index (χ0n) is 18.2. The van der Waals surface area contributed by atoms with Crippen molar-refractivity contribution in [1.29, 1.82) is 0 Å². The van der Waals surface area contributed by atoms with Crippen LogP contribution in [-0.4, -0.2) is 38.2 Å². The van der Waals surface area contributed by atoms with Gasteiger partial charge in [0.25, 0.3) is 0 Å². The molecule has 0 heterocycles. The summed E-state index contributed by atoms with van der Waals surface area (Å²) in [5.41, 5.74) is 3.54. The van der Waals surface area contributed by atoms with Gasteiger partial charge in [-0.2, -0.15) is 5.10 Å². The fourth-order valence-electron chi connectivity index (χ4n) is 2.69. The number of rotatable bonds is 7. The van der Waals surface area contributed by atoms with Crippen LogP contribution in [0, 0.1) is 0 Å². The number of esters is 1. The molecule has 0 bridgehead atoms. The predicted molar refractivity (Wildman–Crippen MR) is 129 cm³/mol. The Morgan fingerprint density at radius 1 is 0.853 bits per heavy atom. The van der Waals surface area contributed by atoms with Crippen LogP contribution >= 0.6 is 15.9 Å². The molecule has 0 saturated heterocycles. The van der Waals surface area contributed by atoms with E-state index in [1.54, 1.807) is 60.7 Å². The number of benzene rings is 3. The van der Waals surface area contributed by atoms with Crippen molar-refractivity contribution < 1.29 is 28.6 Å². The van der Waals surface area contributed by atoms with Gasteiger partial charge in [-0.1, -0.05) is 15.9 Å². The first-order valence-electron chi connectivity index (χ1n) is 9.84. The summed E-state index contributed by atoms with van der Waals surface area (Å²) in [6.45, 7) is 0. The zero-order valence-corrected chi connectivity index (χ0v) is 19.8. The highest BCUT2D eigenvalue weighted by Crippen LogP contribution is 2.28. The minimum Gasteiger partial charge on any atom is -0.493 e. The molecule has 2 N–H and O–H groups in total. The van der Waals surface area contributed by atoms with Gasteiger partial charge in [0.1, 0.15) is 5.75 Å². The van der Waals surface area contributed by atoms with Crippen LogP contribution in [0.3, 0.4) is 0 Å². The summed E-state index contributed by atoms with van der Waals surface area (Å²) < 4.78 is 16.6. The fourth-order valence-corrected chi connectivity index (χ4v) is 2.95. The van der Waals surface area contributed by atoms with Gasteiger partial charge >= 0.3 is 17.8 Å². The molecule has 0 aliphatic rings. The maximum Gasteiger partial charge on any atom is 0.343 e. The molecule has 34 heavy (non-hydrogen) atoms. The number of hydrogen-bond donors (Lipinski definition) is 2. The standard InChI is InChI=1S/C24H20BrN3O6/c1-32-20-12-5-16(13-21(20)33-2)24(31)34-19-10-3-15(4-11-19)14-26-28-23(30)22(29)27-18-8-6-17(25)7-9-18/h3-14H,1-2H3,(H,27,29)(H,28,30)/b26-14-. The number of methoxy groups -OCH3 is 2. The van der Waals surface area contributed by atoms with Gasteiger partial charge in [-0.15, -0.1) is 0 Å². The van der Waals surface area contributed by atoms with E-state index in [2.05, 4.69) is 31.8 Å². The molecule has 9 nitrogen and oxygen atoms in total. The Morgan fingerprint density at radius 3 is 2.18 bits per heavy atom. The molecule has 3 aromatic rings. The molecule has 3 aromatic carbocycles. The Bertz CT molecular complexity index is 1210. The fraction of sp³-hybridized carbons (Fsp3) is 0.0833. The normalized spacial score (nSPS) is 10.4. The summed E-state index contributed by atoms with van der Waals surface area (Å²) in [7, 11) is 2.98. The predicted octanol–water partition coefficient (Wildman–Crippen LogP) is 3.77. The molecule has 0 atom stereocenters. The minimum absolute atomic E-state index is 0.299. The highest BCUT2D eigenvalue weighted by atomic mass is 79.9. The van der Waals surface area contributed by atoms with Crippen LogP contribution in [0.25, 0.3) is 0 Å². The van der Waals surface area contributed by atoms with Crippen LogP contribution in [0.5, 0.6) is 17.2 Å². The molecule has 0 saturated carbocycles. The van der Waals surface area contributed by atoms with Crippen molar-refractivity contribution in [2.24, 2.45) is 5.10 Å².